The SMILES string of the molecule is CC1C(=O)C(C)C2C(c3ccccc3)C(=O)c3nc(-c4ccccc4)[nH]c3C2C1=O. The Morgan fingerprint density at radius 3 is 2.10 bits per heavy atom. The summed E-state index contributed by atoms with van der Waals surface area (Å²) in [6, 6.07) is 19.0. The predicted molar refractivity (Wildman–Crippen MR) is 112 cm³/mol. The first-order chi connectivity index (χ1) is 14.5. The van der Waals surface area contributed by atoms with E-state index in [0.29, 0.717) is 17.2 Å². The normalized spacial score (nSPS) is 28.2. The number of imidazole rings is 1. The average Bonchev–Trinajstić information content (AvgIpc) is 3.23. The van der Waals surface area contributed by atoms with E-state index in [4.69, 9.17) is 0 Å². The molecule has 3 aromatic rings. The van der Waals surface area contributed by atoms with Gasteiger partial charge in [-0.15, -0.1) is 0 Å². The third-order valence-electron chi connectivity index (χ3n) is 6.72. The maximum absolute atomic E-state index is 13.7. The van der Waals surface area contributed by atoms with E-state index >= 15 is 0 Å². The van der Waals surface area contributed by atoms with E-state index in [9.17, 15) is 14.4 Å². The molecule has 2 aromatic carbocycles. The van der Waals surface area contributed by atoms with E-state index in [1.807, 2.05) is 67.6 Å². The second-order valence-electron chi connectivity index (χ2n) is 8.34. The van der Waals surface area contributed by atoms with E-state index in [1.165, 1.54) is 0 Å². The number of aromatic amines is 1. The van der Waals surface area contributed by atoms with E-state index < -0.39 is 29.6 Å². The fraction of sp³-hybridized carbons (Fsp3) is 0.280. The number of Topliss-reactive ketones (excluding diaryl/α,β-unsaturated/α-hetero) is 3. The molecule has 1 N–H and O–H groups in total. The van der Waals surface area contributed by atoms with Gasteiger partial charge in [0.2, 0.25) is 0 Å². The largest absolute Gasteiger partial charge is 0.341 e. The molecule has 0 radical (unpaired) electrons. The zero-order valence-electron chi connectivity index (χ0n) is 16.8. The van der Waals surface area contributed by atoms with Gasteiger partial charge in [-0.05, 0) is 18.4 Å². The van der Waals surface area contributed by atoms with Crippen LogP contribution in [0.1, 0.15) is 47.4 Å². The van der Waals surface area contributed by atoms with Crippen LogP contribution in [-0.2, 0) is 9.59 Å². The van der Waals surface area contributed by atoms with Crippen molar-refractivity contribution in [2.45, 2.75) is 25.7 Å². The van der Waals surface area contributed by atoms with Crippen molar-refractivity contribution >= 4 is 17.3 Å². The first-order valence-corrected chi connectivity index (χ1v) is 10.3. The molecule has 5 heteroatoms. The number of benzene rings is 2. The van der Waals surface area contributed by atoms with Crippen molar-refractivity contribution in [3.63, 3.8) is 0 Å². The highest BCUT2D eigenvalue weighted by atomic mass is 16.2. The van der Waals surface area contributed by atoms with E-state index in [0.717, 1.165) is 11.1 Å². The lowest BCUT2D eigenvalue weighted by Crippen LogP contribution is -2.50. The van der Waals surface area contributed by atoms with E-state index in [-0.39, 0.29) is 17.3 Å². The molecular weight excluding hydrogens is 376 g/mol. The van der Waals surface area contributed by atoms with Crippen LogP contribution in [-0.4, -0.2) is 27.3 Å². The third-order valence-corrected chi connectivity index (χ3v) is 6.72. The molecule has 5 nitrogen and oxygen atoms in total. The number of hydrogen-bond donors (Lipinski definition) is 1. The summed E-state index contributed by atoms with van der Waals surface area (Å²) in [4.78, 5) is 47.7. The first-order valence-electron chi connectivity index (χ1n) is 10.3. The highest BCUT2D eigenvalue weighted by Gasteiger charge is 2.56. The maximum Gasteiger partial charge on any atom is 0.190 e. The zero-order chi connectivity index (χ0) is 21.0. The summed E-state index contributed by atoms with van der Waals surface area (Å²) in [6.07, 6.45) is 0. The molecular formula is C25H22N2O3. The second kappa shape index (κ2) is 6.87. The summed E-state index contributed by atoms with van der Waals surface area (Å²) in [7, 11) is 0. The van der Waals surface area contributed by atoms with Crippen LogP contribution in [0.4, 0.5) is 0 Å². The van der Waals surface area contributed by atoms with Crippen LogP contribution in [0, 0.1) is 17.8 Å². The molecule has 0 amide bonds. The van der Waals surface area contributed by atoms with Gasteiger partial charge in [-0.1, -0.05) is 67.6 Å². The van der Waals surface area contributed by atoms with E-state index in [2.05, 4.69) is 9.97 Å². The summed E-state index contributed by atoms with van der Waals surface area (Å²) in [5, 5.41) is 0. The van der Waals surface area contributed by atoms with Gasteiger partial charge < -0.3 is 4.98 Å². The summed E-state index contributed by atoms with van der Waals surface area (Å²) < 4.78 is 0. The number of nitrogens with zero attached hydrogens (tertiary/aromatic N) is 1. The topological polar surface area (TPSA) is 79.9 Å². The number of H-pyrrole nitrogens is 1. The predicted octanol–water partition coefficient (Wildman–Crippen LogP) is 4.18. The Balaban J connectivity index is 1.73. The molecule has 30 heavy (non-hydrogen) atoms. The molecule has 0 aliphatic heterocycles. The second-order valence-corrected chi connectivity index (χ2v) is 8.34. The number of carbonyl (C=O) groups is 3. The van der Waals surface area contributed by atoms with Crippen LogP contribution in [0.25, 0.3) is 11.4 Å². The summed E-state index contributed by atoms with van der Waals surface area (Å²) >= 11 is 0. The number of nitrogens with one attached hydrogen (secondary N) is 1. The van der Waals surface area contributed by atoms with Crippen LogP contribution in [0.5, 0.6) is 0 Å². The van der Waals surface area contributed by atoms with Gasteiger partial charge in [-0.25, -0.2) is 4.98 Å². The molecule has 1 aromatic heterocycles. The van der Waals surface area contributed by atoms with Crippen molar-refractivity contribution in [2.24, 2.45) is 17.8 Å². The number of fused-ring (bicyclic) bond motifs is 3. The minimum absolute atomic E-state index is 0.0822. The Morgan fingerprint density at radius 2 is 1.43 bits per heavy atom. The first kappa shape index (κ1) is 18.7. The molecule has 5 atom stereocenters. The highest BCUT2D eigenvalue weighted by molar-refractivity contribution is 6.13. The van der Waals surface area contributed by atoms with Gasteiger partial charge in [0.05, 0.1) is 23.4 Å². The quantitative estimate of drug-likeness (QED) is 0.657. The molecule has 2 aliphatic rings. The molecule has 150 valence electrons. The van der Waals surface area contributed by atoms with Gasteiger partial charge in [0.15, 0.2) is 11.6 Å². The van der Waals surface area contributed by atoms with Gasteiger partial charge in [0.25, 0.3) is 0 Å². The molecule has 1 fully saturated rings. The maximum atomic E-state index is 13.7. The Hall–Kier alpha value is -3.34. The number of rotatable bonds is 2. The van der Waals surface area contributed by atoms with Crippen molar-refractivity contribution < 1.29 is 14.4 Å². The summed E-state index contributed by atoms with van der Waals surface area (Å²) in [5.41, 5.74) is 2.57. The van der Waals surface area contributed by atoms with Crippen molar-refractivity contribution in [3.8, 4) is 11.4 Å². The van der Waals surface area contributed by atoms with Crippen LogP contribution >= 0.6 is 0 Å². The van der Waals surface area contributed by atoms with Gasteiger partial charge in [0, 0.05) is 11.5 Å². The Labute approximate surface area is 174 Å². The van der Waals surface area contributed by atoms with E-state index in [1.54, 1.807) is 6.92 Å². The average molecular weight is 398 g/mol. The molecule has 0 saturated heterocycles. The fourth-order valence-corrected chi connectivity index (χ4v) is 5.18. The van der Waals surface area contributed by atoms with Crippen LogP contribution in [0.15, 0.2) is 60.7 Å². The van der Waals surface area contributed by atoms with Crippen molar-refractivity contribution in [1.29, 1.82) is 0 Å². The molecule has 1 heterocycles. The molecule has 1 saturated carbocycles. The smallest absolute Gasteiger partial charge is 0.190 e. The molecule has 2 aliphatic carbocycles. The van der Waals surface area contributed by atoms with Gasteiger partial charge >= 0.3 is 0 Å². The molecule has 5 unspecified atom stereocenters. The van der Waals surface area contributed by atoms with Crippen LogP contribution in [0.2, 0.25) is 0 Å². The monoisotopic (exact) mass is 398 g/mol. The Morgan fingerprint density at radius 1 is 0.800 bits per heavy atom. The molecule has 5 rings (SSSR count). The number of hydrogen-bond acceptors (Lipinski definition) is 4. The van der Waals surface area contributed by atoms with Crippen molar-refractivity contribution in [3.05, 3.63) is 77.6 Å². The summed E-state index contributed by atoms with van der Waals surface area (Å²) in [5.74, 6) is -2.35. The third kappa shape index (κ3) is 2.61. The zero-order valence-corrected chi connectivity index (χ0v) is 16.8. The number of carbonyl (C=O) groups excluding carboxylic acids is 3. The highest BCUT2D eigenvalue weighted by Crippen LogP contribution is 2.52. The number of ketones is 3. The lowest BCUT2D eigenvalue weighted by Gasteiger charge is -2.43. The van der Waals surface area contributed by atoms with Gasteiger partial charge in [-0.2, -0.15) is 0 Å². The van der Waals surface area contributed by atoms with Gasteiger partial charge in [0.1, 0.15) is 17.3 Å². The number of aromatic nitrogens is 2. The lowest BCUT2D eigenvalue weighted by atomic mass is 9.57. The standard InChI is InChI=1S/C25H22N2O3/c1-13-17-18(15-9-5-3-6-10-15)24(30)21-20(19(17)23(29)14(2)22(13)28)26-25(27-21)16-11-7-4-8-12-16/h3-14,17-19H,1-2H3,(H,26,27). The Bertz CT molecular complexity index is 1150. The minimum atomic E-state index is -0.679. The molecule has 0 spiro atoms. The Kier molecular flexibility index (Phi) is 4.28. The summed E-state index contributed by atoms with van der Waals surface area (Å²) in [6.45, 7) is 3.53. The minimum Gasteiger partial charge on any atom is -0.341 e. The van der Waals surface area contributed by atoms with Crippen LogP contribution in [0.3, 0.4) is 0 Å². The van der Waals surface area contributed by atoms with Gasteiger partial charge in [-0.3, -0.25) is 14.4 Å². The fourth-order valence-electron chi connectivity index (χ4n) is 5.18. The van der Waals surface area contributed by atoms with Crippen LogP contribution < -0.4 is 0 Å². The van der Waals surface area contributed by atoms with Crippen molar-refractivity contribution in [1.82, 2.24) is 9.97 Å². The van der Waals surface area contributed by atoms with Crippen molar-refractivity contribution in [2.75, 3.05) is 0 Å². The molecule has 0 bridgehead atoms. The lowest BCUT2D eigenvalue weighted by molar-refractivity contribution is -0.142.